The maximum atomic E-state index is 11.5. The van der Waals surface area contributed by atoms with E-state index < -0.39 is 11.5 Å². The molecule has 0 aliphatic rings. The Balaban J connectivity index is 2.44. The molecule has 2 rings (SSSR count). The van der Waals surface area contributed by atoms with Crippen LogP contribution in [0.3, 0.4) is 0 Å². The van der Waals surface area contributed by atoms with E-state index in [0.29, 0.717) is 5.65 Å². The third-order valence-corrected chi connectivity index (χ3v) is 1.98. The van der Waals surface area contributed by atoms with E-state index in [9.17, 15) is 9.59 Å². The molecule has 2 aromatic rings. The van der Waals surface area contributed by atoms with Crippen molar-refractivity contribution in [2.45, 2.75) is 0 Å². The number of anilines is 1. The highest BCUT2D eigenvalue weighted by Crippen LogP contribution is 2.05. The minimum absolute atomic E-state index is 0.114. The van der Waals surface area contributed by atoms with Gasteiger partial charge in [-0.1, -0.05) is 0 Å². The number of carboxylic acid groups (broad SMARTS) is 1. The van der Waals surface area contributed by atoms with E-state index >= 15 is 0 Å². The van der Waals surface area contributed by atoms with Crippen LogP contribution < -0.4 is 10.9 Å². The summed E-state index contributed by atoms with van der Waals surface area (Å²) in [5.41, 5.74) is 0.221. The molecule has 84 valence electrons. The van der Waals surface area contributed by atoms with Crippen LogP contribution in [0.1, 0.15) is 0 Å². The Hall–Kier alpha value is -2.38. The first kappa shape index (κ1) is 10.1. The Kier molecular flexibility index (Phi) is 2.31. The first-order chi connectivity index (χ1) is 7.58. The third-order valence-electron chi connectivity index (χ3n) is 1.98. The van der Waals surface area contributed by atoms with Gasteiger partial charge in [-0.05, 0) is 0 Å². The summed E-state index contributed by atoms with van der Waals surface area (Å²) in [5, 5.41) is 11.0. The van der Waals surface area contributed by atoms with Crippen LogP contribution >= 0.6 is 0 Å². The molecule has 8 heteroatoms. The van der Waals surface area contributed by atoms with Gasteiger partial charge in [0.05, 0.1) is 6.33 Å². The first-order valence-electron chi connectivity index (χ1n) is 4.45. The van der Waals surface area contributed by atoms with Crippen molar-refractivity contribution < 1.29 is 9.90 Å². The predicted molar refractivity (Wildman–Crippen MR) is 55.3 cm³/mol. The van der Waals surface area contributed by atoms with Gasteiger partial charge in [-0.15, -0.1) is 0 Å². The van der Waals surface area contributed by atoms with Crippen LogP contribution in [0.4, 0.5) is 5.95 Å². The molecule has 0 spiro atoms. The van der Waals surface area contributed by atoms with Gasteiger partial charge in [-0.3, -0.25) is 14.6 Å². The van der Waals surface area contributed by atoms with Crippen molar-refractivity contribution in [3.63, 3.8) is 0 Å². The van der Waals surface area contributed by atoms with E-state index in [2.05, 4.69) is 20.3 Å². The maximum absolute atomic E-state index is 11.5. The summed E-state index contributed by atoms with van der Waals surface area (Å²) in [4.78, 5) is 32.1. The number of rotatable bonds is 3. The number of fused-ring (bicyclic) bond motifs is 1. The molecule has 16 heavy (non-hydrogen) atoms. The van der Waals surface area contributed by atoms with E-state index in [-0.39, 0.29) is 18.0 Å². The molecule has 8 nitrogen and oxygen atoms in total. The van der Waals surface area contributed by atoms with E-state index in [4.69, 9.17) is 5.11 Å². The Labute approximate surface area is 89.0 Å². The second-order valence-electron chi connectivity index (χ2n) is 3.19. The van der Waals surface area contributed by atoms with Gasteiger partial charge in [0.2, 0.25) is 5.95 Å². The zero-order chi connectivity index (χ0) is 11.7. The second-order valence-corrected chi connectivity index (χ2v) is 3.19. The molecule has 0 unspecified atom stereocenters. The van der Waals surface area contributed by atoms with Gasteiger partial charge in [0.1, 0.15) is 6.54 Å². The number of aromatic nitrogens is 4. The predicted octanol–water partition coefficient (Wildman–Crippen LogP) is -0.847. The molecule has 0 bridgehead atoms. The zero-order valence-corrected chi connectivity index (χ0v) is 8.39. The minimum atomic E-state index is -1.03. The van der Waals surface area contributed by atoms with Crippen molar-refractivity contribution in [3.8, 4) is 0 Å². The number of nitrogens with one attached hydrogen (secondary N) is 2. The largest absolute Gasteiger partial charge is 0.480 e. The quantitative estimate of drug-likeness (QED) is 0.624. The molecule has 0 saturated carbocycles. The van der Waals surface area contributed by atoms with Crippen molar-refractivity contribution in [2.75, 3.05) is 11.9 Å². The topological polar surface area (TPSA) is 113 Å². The third kappa shape index (κ3) is 1.72. The fourth-order valence-electron chi connectivity index (χ4n) is 1.26. The van der Waals surface area contributed by atoms with Gasteiger partial charge in [0, 0.05) is 7.05 Å². The van der Waals surface area contributed by atoms with Crippen LogP contribution in [0.5, 0.6) is 0 Å². The maximum Gasteiger partial charge on any atom is 0.322 e. The SMILES string of the molecule is Cn1cnc2c(=O)[nH]c(NCC(=O)O)nc21. The van der Waals surface area contributed by atoms with Crippen molar-refractivity contribution in [3.05, 3.63) is 16.7 Å². The summed E-state index contributed by atoms with van der Waals surface area (Å²) in [6.07, 6.45) is 1.47. The lowest BCUT2D eigenvalue weighted by Crippen LogP contribution is -2.18. The lowest BCUT2D eigenvalue weighted by Gasteiger charge is -2.01. The number of carboxylic acids is 1. The summed E-state index contributed by atoms with van der Waals surface area (Å²) in [5.74, 6) is -0.920. The van der Waals surface area contributed by atoms with Gasteiger partial charge < -0.3 is 15.0 Å². The zero-order valence-electron chi connectivity index (χ0n) is 8.39. The average molecular weight is 223 g/mol. The number of H-pyrrole nitrogens is 1. The van der Waals surface area contributed by atoms with Gasteiger partial charge in [0.25, 0.3) is 5.56 Å². The Morgan fingerprint density at radius 3 is 3.12 bits per heavy atom. The van der Waals surface area contributed by atoms with Crippen LogP contribution in [0, 0.1) is 0 Å². The molecule has 0 amide bonds. The van der Waals surface area contributed by atoms with Crippen LogP contribution in [0.25, 0.3) is 11.2 Å². The van der Waals surface area contributed by atoms with E-state index in [1.807, 2.05) is 0 Å². The highest BCUT2D eigenvalue weighted by Gasteiger charge is 2.08. The molecular weight excluding hydrogens is 214 g/mol. The smallest absolute Gasteiger partial charge is 0.322 e. The van der Waals surface area contributed by atoms with Crippen LogP contribution in [0.15, 0.2) is 11.1 Å². The van der Waals surface area contributed by atoms with Crippen molar-refractivity contribution in [1.29, 1.82) is 0 Å². The molecule has 0 aliphatic carbocycles. The van der Waals surface area contributed by atoms with E-state index in [1.54, 1.807) is 11.6 Å². The number of aromatic amines is 1. The molecule has 0 aromatic carbocycles. The normalized spacial score (nSPS) is 10.6. The summed E-state index contributed by atoms with van der Waals surface area (Å²) in [6, 6.07) is 0. The van der Waals surface area contributed by atoms with Crippen LogP contribution in [-0.2, 0) is 11.8 Å². The molecule has 0 fully saturated rings. The lowest BCUT2D eigenvalue weighted by atomic mass is 10.5. The summed E-state index contributed by atoms with van der Waals surface area (Å²) in [7, 11) is 1.70. The number of hydrogen-bond acceptors (Lipinski definition) is 5. The lowest BCUT2D eigenvalue weighted by molar-refractivity contribution is -0.134. The number of imidazole rings is 1. The number of carbonyl (C=O) groups is 1. The fraction of sp³-hybridized carbons (Fsp3) is 0.250. The number of hydrogen-bond donors (Lipinski definition) is 3. The molecule has 0 radical (unpaired) electrons. The molecule has 0 atom stereocenters. The van der Waals surface area contributed by atoms with E-state index in [0.717, 1.165) is 0 Å². The monoisotopic (exact) mass is 223 g/mol. The van der Waals surface area contributed by atoms with Crippen molar-refractivity contribution in [2.24, 2.45) is 7.05 Å². The minimum Gasteiger partial charge on any atom is -0.480 e. The average Bonchev–Trinajstić information content (AvgIpc) is 2.58. The van der Waals surface area contributed by atoms with Gasteiger partial charge in [-0.2, -0.15) is 4.98 Å². The number of aliphatic carboxylic acids is 1. The van der Waals surface area contributed by atoms with Crippen molar-refractivity contribution >= 4 is 23.1 Å². The molecule has 0 saturated heterocycles. The molecular formula is C8H9N5O3. The Bertz CT molecular complexity index is 599. The molecule has 0 aliphatic heterocycles. The highest BCUT2D eigenvalue weighted by molar-refractivity contribution is 5.73. The van der Waals surface area contributed by atoms with E-state index in [1.165, 1.54) is 6.33 Å². The summed E-state index contributed by atoms with van der Waals surface area (Å²) in [6.45, 7) is -0.313. The van der Waals surface area contributed by atoms with Gasteiger partial charge in [-0.25, -0.2) is 4.98 Å². The number of aryl methyl sites for hydroxylation is 1. The van der Waals surface area contributed by atoms with Crippen LogP contribution in [-0.4, -0.2) is 37.1 Å². The highest BCUT2D eigenvalue weighted by atomic mass is 16.4. The number of nitrogens with zero attached hydrogens (tertiary/aromatic N) is 3. The van der Waals surface area contributed by atoms with Gasteiger partial charge >= 0.3 is 5.97 Å². The molecule has 3 N–H and O–H groups in total. The van der Waals surface area contributed by atoms with Crippen molar-refractivity contribution in [1.82, 2.24) is 19.5 Å². The van der Waals surface area contributed by atoms with Gasteiger partial charge in [0.15, 0.2) is 11.2 Å². The second kappa shape index (κ2) is 3.65. The summed E-state index contributed by atoms with van der Waals surface area (Å²) >= 11 is 0. The summed E-state index contributed by atoms with van der Waals surface area (Å²) < 4.78 is 1.58. The fourth-order valence-corrected chi connectivity index (χ4v) is 1.26. The standard InChI is InChI=1S/C8H9N5O3/c1-13-3-10-5-6(13)11-8(12-7(5)16)9-2-4(14)15/h3H,2H2,1H3,(H,14,15)(H2,9,11,12,16). The Morgan fingerprint density at radius 2 is 2.44 bits per heavy atom. The molecule has 2 heterocycles. The first-order valence-corrected chi connectivity index (χ1v) is 4.45. The van der Waals surface area contributed by atoms with Crippen LogP contribution in [0.2, 0.25) is 0 Å². The molecule has 2 aromatic heterocycles. The Morgan fingerprint density at radius 1 is 1.69 bits per heavy atom.